The molecule has 1 amide bonds. The van der Waals surface area contributed by atoms with Crippen molar-refractivity contribution in [1.29, 1.82) is 0 Å². The van der Waals surface area contributed by atoms with Crippen LogP contribution in [0.2, 0.25) is 0 Å². The van der Waals surface area contributed by atoms with Gasteiger partial charge in [0.05, 0.1) is 18.4 Å². The van der Waals surface area contributed by atoms with E-state index in [1.54, 1.807) is 42.5 Å². The molecule has 4 rings (SSSR count). The number of methoxy groups -OCH3 is 1. The third-order valence-corrected chi connectivity index (χ3v) is 6.17. The van der Waals surface area contributed by atoms with E-state index in [2.05, 4.69) is 0 Å². The number of hydrogen-bond acceptors (Lipinski definition) is 6. The molecule has 1 aromatic heterocycles. The first-order valence-electron chi connectivity index (χ1n) is 9.21. The molecule has 1 fully saturated rings. The number of Topliss-reactive ketones (excluding diaryl/α,β-unsaturated/α-hetero) is 1. The molecule has 2 aromatic carbocycles. The van der Waals surface area contributed by atoms with Crippen molar-refractivity contribution in [1.82, 2.24) is 0 Å². The molecule has 0 spiro atoms. The number of ether oxygens (including phenoxy) is 1. The number of carbonyl (C=O) groups is 2. The Labute approximate surface area is 177 Å². The standard InChI is InChI=1S/C23H19NO5S/c1-13-11-12-30-22(13)19-18(20(26)14-7-9-15(29-2)10-8-14)21(27)23(28)24(19)16-5-3-4-6-17(16)25/h3-12,19,25-26H,1-2H3/b20-18-. The molecule has 2 heterocycles. The molecule has 1 saturated heterocycles. The number of phenols is 1. The van der Waals surface area contributed by atoms with E-state index in [4.69, 9.17) is 4.74 Å². The van der Waals surface area contributed by atoms with Gasteiger partial charge < -0.3 is 14.9 Å². The highest BCUT2D eigenvalue weighted by molar-refractivity contribution is 7.10. The van der Waals surface area contributed by atoms with Gasteiger partial charge in [0.15, 0.2) is 0 Å². The Balaban J connectivity index is 1.94. The Morgan fingerprint density at radius 2 is 1.77 bits per heavy atom. The second kappa shape index (κ2) is 7.68. The monoisotopic (exact) mass is 421 g/mol. The van der Waals surface area contributed by atoms with E-state index in [0.29, 0.717) is 11.3 Å². The quantitative estimate of drug-likeness (QED) is 0.370. The lowest BCUT2D eigenvalue weighted by atomic mass is 9.98. The molecule has 1 atom stereocenters. The average Bonchev–Trinajstić information content (AvgIpc) is 3.29. The molecule has 6 nitrogen and oxygen atoms in total. The number of aliphatic hydroxyl groups excluding tert-OH is 1. The maximum absolute atomic E-state index is 13.0. The van der Waals surface area contributed by atoms with Crippen molar-refractivity contribution in [2.24, 2.45) is 0 Å². The van der Waals surface area contributed by atoms with E-state index in [9.17, 15) is 19.8 Å². The highest BCUT2D eigenvalue weighted by Crippen LogP contribution is 2.46. The number of aromatic hydroxyl groups is 1. The number of para-hydroxylation sites is 2. The van der Waals surface area contributed by atoms with Gasteiger partial charge in [-0.25, -0.2) is 0 Å². The minimum absolute atomic E-state index is 0.0148. The Morgan fingerprint density at radius 3 is 2.37 bits per heavy atom. The van der Waals surface area contributed by atoms with Crippen LogP contribution in [0.1, 0.15) is 22.0 Å². The van der Waals surface area contributed by atoms with Gasteiger partial charge in [0, 0.05) is 10.4 Å². The zero-order valence-corrected chi connectivity index (χ0v) is 17.1. The van der Waals surface area contributed by atoms with E-state index in [1.807, 2.05) is 18.4 Å². The minimum atomic E-state index is -0.847. The summed E-state index contributed by atoms with van der Waals surface area (Å²) in [5, 5.41) is 23.3. The molecule has 7 heteroatoms. The Bertz CT molecular complexity index is 1160. The lowest BCUT2D eigenvalue weighted by Gasteiger charge is -2.25. The van der Waals surface area contributed by atoms with Crippen LogP contribution in [0.3, 0.4) is 0 Å². The summed E-state index contributed by atoms with van der Waals surface area (Å²) in [4.78, 5) is 28.1. The number of thiophene rings is 1. The molecule has 0 radical (unpaired) electrons. The van der Waals surface area contributed by atoms with Gasteiger partial charge in [0.1, 0.15) is 23.3 Å². The molecule has 152 valence electrons. The second-order valence-electron chi connectivity index (χ2n) is 6.85. The predicted octanol–water partition coefficient (Wildman–Crippen LogP) is 4.40. The zero-order chi connectivity index (χ0) is 21.4. The Hall–Kier alpha value is -3.58. The van der Waals surface area contributed by atoms with Crippen LogP contribution in [-0.2, 0) is 9.59 Å². The van der Waals surface area contributed by atoms with Crippen LogP contribution >= 0.6 is 11.3 Å². The van der Waals surface area contributed by atoms with Gasteiger partial charge in [-0.2, -0.15) is 0 Å². The van der Waals surface area contributed by atoms with Crippen LogP contribution in [0.15, 0.2) is 65.6 Å². The van der Waals surface area contributed by atoms with Crippen LogP contribution in [0.25, 0.3) is 5.76 Å². The number of phenolic OH excluding ortho intramolecular Hbond substituents is 1. The molecule has 0 bridgehead atoms. The molecule has 1 aliphatic rings. The number of hydrogen-bond donors (Lipinski definition) is 2. The fraction of sp³-hybridized carbons (Fsp3) is 0.130. The zero-order valence-electron chi connectivity index (χ0n) is 16.3. The molecule has 2 N–H and O–H groups in total. The van der Waals surface area contributed by atoms with Gasteiger partial charge >= 0.3 is 0 Å². The molecule has 3 aromatic rings. The highest BCUT2D eigenvalue weighted by atomic mass is 32.1. The summed E-state index contributed by atoms with van der Waals surface area (Å²) >= 11 is 1.38. The van der Waals surface area contributed by atoms with Crippen LogP contribution in [0, 0.1) is 6.92 Å². The first kappa shape index (κ1) is 19.7. The van der Waals surface area contributed by atoms with Crippen molar-refractivity contribution < 1.29 is 24.5 Å². The largest absolute Gasteiger partial charge is 0.507 e. The van der Waals surface area contributed by atoms with E-state index in [-0.39, 0.29) is 22.8 Å². The van der Waals surface area contributed by atoms with E-state index in [0.717, 1.165) is 10.4 Å². The lowest BCUT2D eigenvalue weighted by Crippen LogP contribution is -2.29. The first-order chi connectivity index (χ1) is 14.4. The third-order valence-electron chi connectivity index (χ3n) is 5.10. The summed E-state index contributed by atoms with van der Waals surface area (Å²) in [6.07, 6.45) is 0. The van der Waals surface area contributed by atoms with Gasteiger partial charge in [-0.1, -0.05) is 12.1 Å². The molecular weight excluding hydrogens is 402 g/mol. The number of carbonyl (C=O) groups excluding carboxylic acids is 2. The number of ketones is 1. The number of nitrogens with zero attached hydrogens (tertiary/aromatic N) is 1. The summed E-state index contributed by atoms with van der Waals surface area (Å²) in [5.74, 6) is -1.39. The van der Waals surface area contributed by atoms with Crippen LogP contribution in [0.5, 0.6) is 11.5 Å². The normalized spacial score (nSPS) is 18.1. The van der Waals surface area contributed by atoms with E-state index >= 15 is 0 Å². The summed E-state index contributed by atoms with van der Waals surface area (Å²) in [6, 6.07) is 14.0. The maximum atomic E-state index is 13.0. The van der Waals surface area contributed by atoms with Crippen molar-refractivity contribution in [3.8, 4) is 11.5 Å². The summed E-state index contributed by atoms with van der Waals surface area (Å²) in [6.45, 7) is 1.88. The Kier molecular flexibility index (Phi) is 5.05. The molecular formula is C23H19NO5S. The Morgan fingerprint density at radius 1 is 1.07 bits per heavy atom. The van der Waals surface area contributed by atoms with Crippen LogP contribution in [0.4, 0.5) is 5.69 Å². The van der Waals surface area contributed by atoms with Gasteiger partial charge in [0.25, 0.3) is 11.7 Å². The van der Waals surface area contributed by atoms with Crippen molar-refractivity contribution in [2.45, 2.75) is 13.0 Å². The molecule has 0 aliphatic carbocycles. The number of rotatable bonds is 4. The number of aryl methyl sites for hydroxylation is 1. The van der Waals surface area contributed by atoms with Gasteiger partial charge in [-0.05, 0) is 60.3 Å². The maximum Gasteiger partial charge on any atom is 0.300 e. The van der Waals surface area contributed by atoms with Crippen molar-refractivity contribution in [2.75, 3.05) is 12.0 Å². The molecule has 1 unspecified atom stereocenters. The third kappa shape index (κ3) is 3.13. The average molecular weight is 421 g/mol. The molecule has 30 heavy (non-hydrogen) atoms. The van der Waals surface area contributed by atoms with Gasteiger partial charge in [-0.3, -0.25) is 14.5 Å². The second-order valence-corrected chi connectivity index (χ2v) is 7.80. The lowest BCUT2D eigenvalue weighted by molar-refractivity contribution is -0.132. The summed E-state index contributed by atoms with van der Waals surface area (Å²) in [7, 11) is 1.53. The molecule has 0 saturated carbocycles. The van der Waals surface area contributed by atoms with Crippen molar-refractivity contribution >= 4 is 34.5 Å². The number of anilines is 1. The summed E-state index contributed by atoms with van der Waals surface area (Å²) < 4.78 is 5.14. The van der Waals surface area contributed by atoms with Crippen molar-refractivity contribution in [3.05, 3.63) is 81.6 Å². The number of benzene rings is 2. The first-order valence-corrected chi connectivity index (χ1v) is 10.1. The molecule has 1 aliphatic heterocycles. The number of aliphatic hydroxyl groups is 1. The fourth-order valence-electron chi connectivity index (χ4n) is 3.57. The highest BCUT2D eigenvalue weighted by Gasteiger charge is 2.48. The minimum Gasteiger partial charge on any atom is -0.507 e. The van der Waals surface area contributed by atoms with Crippen LogP contribution in [-0.4, -0.2) is 29.0 Å². The van der Waals surface area contributed by atoms with Crippen molar-refractivity contribution in [3.63, 3.8) is 0 Å². The smallest absolute Gasteiger partial charge is 0.300 e. The SMILES string of the molecule is COc1ccc(/C(O)=C2/C(=O)C(=O)N(c3ccccc3O)C2c2sccc2C)cc1. The van der Waals surface area contributed by atoms with E-state index < -0.39 is 17.7 Å². The topological polar surface area (TPSA) is 87.1 Å². The fourth-order valence-corrected chi connectivity index (χ4v) is 4.59. The summed E-state index contributed by atoms with van der Waals surface area (Å²) in [5.41, 5.74) is 1.48. The predicted molar refractivity (Wildman–Crippen MR) is 115 cm³/mol. The van der Waals surface area contributed by atoms with Crippen LogP contribution < -0.4 is 9.64 Å². The van der Waals surface area contributed by atoms with Gasteiger partial charge in [0.2, 0.25) is 0 Å². The van der Waals surface area contributed by atoms with Gasteiger partial charge in [-0.15, -0.1) is 11.3 Å². The van der Waals surface area contributed by atoms with E-state index in [1.165, 1.54) is 29.4 Å². The number of amides is 1.